The minimum absolute atomic E-state index is 0.425. The maximum Gasteiger partial charge on any atom is 0.0897 e. The monoisotopic (exact) mass is 294 g/mol. The van der Waals surface area contributed by atoms with Crippen LogP contribution in [0.2, 0.25) is 0 Å². The fourth-order valence-corrected chi connectivity index (χ4v) is 4.81. The molecule has 4 heteroatoms. The first-order valence-corrected chi connectivity index (χ1v) is 8.82. The summed E-state index contributed by atoms with van der Waals surface area (Å²) in [5.41, 5.74) is 0.425. The first-order chi connectivity index (χ1) is 9.74. The lowest BCUT2D eigenvalue weighted by atomic mass is 9.55. The fraction of sp³-hybridized carbons (Fsp3) is 0.812. The maximum absolute atomic E-state index is 6.01. The van der Waals surface area contributed by atoms with E-state index < -0.39 is 0 Å². The van der Waals surface area contributed by atoms with Crippen LogP contribution < -0.4 is 5.32 Å². The van der Waals surface area contributed by atoms with Gasteiger partial charge >= 0.3 is 0 Å². The van der Waals surface area contributed by atoms with E-state index in [1.807, 2.05) is 6.20 Å². The van der Waals surface area contributed by atoms with Crippen LogP contribution in [0, 0.1) is 12.3 Å². The highest BCUT2D eigenvalue weighted by Crippen LogP contribution is 2.53. The van der Waals surface area contributed by atoms with Crippen molar-refractivity contribution in [3.8, 4) is 0 Å². The van der Waals surface area contributed by atoms with Crippen LogP contribution in [-0.2, 0) is 11.3 Å². The molecular formula is C16H26N2OS. The van der Waals surface area contributed by atoms with Gasteiger partial charge in [-0.1, -0.05) is 19.3 Å². The number of rotatable bonds is 5. The smallest absolute Gasteiger partial charge is 0.0897 e. The zero-order chi connectivity index (χ0) is 14.0. The molecule has 1 aromatic rings. The van der Waals surface area contributed by atoms with Crippen molar-refractivity contribution in [1.82, 2.24) is 10.3 Å². The molecule has 2 aliphatic rings. The zero-order valence-electron chi connectivity index (χ0n) is 12.7. The Hall–Kier alpha value is -0.450. The third kappa shape index (κ3) is 2.66. The molecular weight excluding hydrogens is 268 g/mol. The third-order valence-corrected chi connectivity index (χ3v) is 6.04. The van der Waals surface area contributed by atoms with Gasteiger partial charge in [0.05, 0.1) is 11.1 Å². The van der Waals surface area contributed by atoms with E-state index in [4.69, 9.17) is 4.74 Å². The van der Waals surface area contributed by atoms with E-state index in [1.165, 1.54) is 43.4 Å². The molecule has 0 saturated heterocycles. The van der Waals surface area contributed by atoms with Crippen molar-refractivity contribution in [2.24, 2.45) is 5.41 Å². The van der Waals surface area contributed by atoms with Crippen LogP contribution in [0.4, 0.5) is 0 Å². The van der Waals surface area contributed by atoms with Crippen LogP contribution in [0.1, 0.15) is 55.3 Å². The molecule has 1 N–H and O–H groups in total. The number of hydrogen-bond acceptors (Lipinski definition) is 4. The van der Waals surface area contributed by atoms with Gasteiger partial charge in [0.2, 0.25) is 0 Å². The Morgan fingerprint density at radius 3 is 2.85 bits per heavy atom. The Balaban J connectivity index is 1.61. The molecule has 1 heterocycles. The minimum atomic E-state index is 0.425. The molecule has 2 saturated carbocycles. The van der Waals surface area contributed by atoms with E-state index in [0.29, 0.717) is 17.6 Å². The van der Waals surface area contributed by atoms with Crippen molar-refractivity contribution in [1.29, 1.82) is 0 Å². The van der Waals surface area contributed by atoms with E-state index in [0.717, 1.165) is 18.2 Å². The van der Waals surface area contributed by atoms with Gasteiger partial charge in [0, 0.05) is 35.7 Å². The van der Waals surface area contributed by atoms with Gasteiger partial charge in [-0.2, -0.15) is 0 Å². The number of thiazole rings is 1. The quantitative estimate of drug-likeness (QED) is 0.899. The van der Waals surface area contributed by atoms with Crippen LogP contribution in [0.3, 0.4) is 0 Å². The van der Waals surface area contributed by atoms with E-state index in [1.54, 1.807) is 11.3 Å². The standard InChI is InChI=1S/C16H26N2OS/c1-3-19-15-9-14(16(15)7-5-4-6-8-16)18-11-13-10-17-12(2)20-13/h10,14-15,18H,3-9,11H2,1-2H3. The number of nitrogens with zero attached hydrogens (tertiary/aromatic N) is 1. The predicted molar refractivity (Wildman–Crippen MR) is 83.0 cm³/mol. The Labute approximate surface area is 126 Å². The van der Waals surface area contributed by atoms with Crippen molar-refractivity contribution >= 4 is 11.3 Å². The van der Waals surface area contributed by atoms with Gasteiger partial charge < -0.3 is 10.1 Å². The van der Waals surface area contributed by atoms with Gasteiger partial charge in [-0.25, -0.2) is 4.98 Å². The highest BCUT2D eigenvalue weighted by atomic mass is 32.1. The van der Waals surface area contributed by atoms with E-state index >= 15 is 0 Å². The van der Waals surface area contributed by atoms with Gasteiger partial charge in [0.15, 0.2) is 0 Å². The SMILES string of the molecule is CCOC1CC(NCc2cnc(C)s2)C12CCCCC2. The molecule has 20 heavy (non-hydrogen) atoms. The summed E-state index contributed by atoms with van der Waals surface area (Å²) in [6.07, 6.45) is 10.5. The second-order valence-electron chi connectivity index (χ2n) is 6.25. The first-order valence-electron chi connectivity index (χ1n) is 8.01. The summed E-state index contributed by atoms with van der Waals surface area (Å²) in [5, 5.41) is 4.95. The number of ether oxygens (including phenoxy) is 1. The van der Waals surface area contributed by atoms with E-state index in [2.05, 4.69) is 24.1 Å². The second-order valence-corrected chi connectivity index (χ2v) is 7.57. The molecule has 0 aliphatic heterocycles. The summed E-state index contributed by atoms with van der Waals surface area (Å²) < 4.78 is 6.01. The summed E-state index contributed by atoms with van der Waals surface area (Å²) in [6.45, 7) is 6.02. The van der Waals surface area contributed by atoms with Crippen molar-refractivity contribution in [2.45, 2.75) is 71.1 Å². The average Bonchev–Trinajstić information content (AvgIpc) is 2.88. The van der Waals surface area contributed by atoms with Gasteiger partial charge in [-0.15, -0.1) is 11.3 Å². The highest BCUT2D eigenvalue weighted by molar-refractivity contribution is 7.11. The van der Waals surface area contributed by atoms with Crippen LogP contribution in [-0.4, -0.2) is 23.7 Å². The maximum atomic E-state index is 6.01. The number of aromatic nitrogens is 1. The largest absolute Gasteiger partial charge is 0.378 e. The lowest BCUT2D eigenvalue weighted by molar-refractivity contribution is -0.150. The Bertz CT molecular complexity index is 439. The Morgan fingerprint density at radius 2 is 2.20 bits per heavy atom. The lowest BCUT2D eigenvalue weighted by Gasteiger charge is -2.58. The highest BCUT2D eigenvalue weighted by Gasteiger charge is 2.55. The summed E-state index contributed by atoms with van der Waals surface area (Å²) in [4.78, 5) is 5.70. The molecule has 2 unspecified atom stereocenters. The molecule has 1 aromatic heterocycles. The van der Waals surface area contributed by atoms with E-state index in [9.17, 15) is 0 Å². The second kappa shape index (κ2) is 6.12. The molecule has 1 spiro atoms. The molecule has 0 amide bonds. The summed E-state index contributed by atoms with van der Waals surface area (Å²) in [7, 11) is 0. The van der Waals surface area contributed by atoms with Crippen LogP contribution in [0.25, 0.3) is 0 Å². The molecule has 112 valence electrons. The molecule has 3 rings (SSSR count). The van der Waals surface area contributed by atoms with Crippen molar-refractivity contribution < 1.29 is 4.74 Å². The topological polar surface area (TPSA) is 34.1 Å². The molecule has 2 atom stereocenters. The zero-order valence-corrected chi connectivity index (χ0v) is 13.5. The molecule has 0 radical (unpaired) electrons. The molecule has 0 aromatic carbocycles. The van der Waals surface area contributed by atoms with Crippen LogP contribution in [0.15, 0.2) is 6.20 Å². The van der Waals surface area contributed by atoms with Crippen molar-refractivity contribution in [3.63, 3.8) is 0 Å². The van der Waals surface area contributed by atoms with Crippen molar-refractivity contribution in [2.75, 3.05) is 6.61 Å². The minimum Gasteiger partial charge on any atom is -0.378 e. The van der Waals surface area contributed by atoms with Crippen LogP contribution in [0.5, 0.6) is 0 Å². The number of nitrogens with one attached hydrogen (secondary N) is 1. The Morgan fingerprint density at radius 1 is 1.40 bits per heavy atom. The average molecular weight is 294 g/mol. The first kappa shape index (κ1) is 14.5. The molecule has 2 fully saturated rings. The van der Waals surface area contributed by atoms with E-state index in [-0.39, 0.29) is 0 Å². The normalized spacial score (nSPS) is 28.5. The molecule has 3 nitrogen and oxygen atoms in total. The molecule has 2 aliphatic carbocycles. The summed E-state index contributed by atoms with van der Waals surface area (Å²) in [6, 6.07) is 0.641. The van der Waals surface area contributed by atoms with Gasteiger partial charge in [0.25, 0.3) is 0 Å². The predicted octanol–water partition coefficient (Wildman–Crippen LogP) is 3.67. The summed E-state index contributed by atoms with van der Waals surface area (Å²) in [5.74, 6) is 0. The fourth-order valence-electron chi connectivity index (χ4n) is 4.06. The Kier molecular flexibility index (Phi) is 4.43. The van der Waals surface area contributed by atoms with Gasteiger partial charge in [0.1, 0.15) is 0 Å². The summed E-state index contributed by atoms with van der Waals surface area (Å²) >= 11 is 1.81. The van der Waals surface area contributed by atoms with Gasteiger partial charge in [-0.3, -0.25) is 0 Å². The third-order valence-electron chi connectivity index (χ3n) is 5.13. The van der Waals surface area contributed by atoms with Gasteiger partial charge in [-0.05, 0) is 33.1 Å². The number of hydrogen-bond donors (Lipinski definition) is 1. The van der Waals surface area contributed by atoms with Crippen molar-refractivity contribution in [3.05, 3.63) is 16.1 Å². The van der Waals surface area contributed by atoms with Crippen LogP contribution >= 0.6 is 11.3 Å². The lowest BCUT2D eigenvalue weighted by Crippen LogP contribution is -2.64. The molecule has 0 bridgehead atoms. The number of aryl methyl sites for hydroxylation is 1.